The molecule has 0 atom stereocenters. The van der Waals surface area contributed by atoms with Crippen LogP contribution in [0.3, 0.4) is 0 Å². The summed E-state index contributed by atoms with van der Waals surface area (Å²) in [6.07, 6.45) is 2.64. The van der Waals surface area contributed by atoms with E-state index in [1.807, 2.05) is 0 Å². The highest BCUT2D eigenvalue weighted by atomic mass is 16.5. The van der Waals surface area contributed by atoms with Gasteiger partial charge in [0.2, 0.25) is 0 Å². The minimum atomic E-state index is 0.733. The second-order valence-electron chi connectivity index (χ2n) is 6.00. The minimum absolute atomic E-state index is 0.733. The lowest BCUT2D eigenvalue weighted by molar-refractivity contribution is 0.412. The monoisotopic (exact) mass is 281 g/mol. The van der Waals surface area contributed by atoms with Gasteiger partial charge in [-0.15, -0.1) is 0 Å². The molecule has 0 saturated heterocycles. The zero-order valence-electron chi connectivity index (χ0n) is 13.1. The van der Waals surface area contributed by atoms with Crippen molar-refractivity contribution < 1.29 is 4.74 Å². The van der Waals surface area contributed by atoms with Gasteiger partial charge >= 0.3 is 0 Å². The van der Waals surface area contributed by atoms with E-state index < -0.39 is 0 Å². The van der Waals surface area contributed by atoms with Crippen LogP contribution in [-0.2, 0) is 6.54 Å². The Kier molecular flexibility index (Phi) is 3.98. The SMILES string of the molecule is COc1ccc(-c2cc(C)ccc2CNC2CC2)cc1C. The van der Waals surface area contributed by atoms with Gasteiger partial charge in [0.1, 0.15) is 5.75 Å². The fourth-order valence-corrected chi connectivity index (χ4v) is 2.70. The first-order valence-corrected chi connectivity index (χ1v) is 7.65. The van der Waals surface area contributed by atoms with Crippen molar-refractivity contribution in [2.24, 2.45) is 0 Å². The minimum Gasteiger partial charge on any atom is -0.496 e. The van der Waals surface area contributed by atoms with Crippen LogP contribution in [0, 0.1) is 13.8 Å². The molecule has 0 spiro atoms. The van der Waals surface area contributed by atoms with Crippen molar-refractivity contribution in [3.05, 3.63) is 53.1 Å². The van der Waals surface area contributed by atoms with Crippen molar-refractivity contribution in [3.8, 4) is 16.9 Å². The molecule has 0 aliphatic heterocycles. The number of nitrogens with one attached hydrogen (secondary N) is 1. The van der Waals surface area contributed by atoms with Crippen molar-refractivity contribution in [2.45, 2.75) is 39.3 Å². The lowest BCUT2D eigenvalue weighted by atomic mass is 9.96. The summed E-state index contributed by atoms with van der Waals surface area (Å²) in [4.78, 5) is 0. The molecule has 0 heterocycles. The Balaban J connectivity index is 1.94. The van der Waals surface area contributed by atoms with E-state index in [9.17, 15) is 0 Å². The summed E-state index contributed by atoms with van der Waals surface area (Å²) in [5.74, 6) is 0.948. The maximum absolute atomic E-state index is 5.36. The molecule has 0 aromatic heterocycles. The topological polar surface area (TPSA) is 21.3 Å². The molecule has 2 aromatic carbocycles. The molecule has 1 fully saturated rings. The predicted octanol–water partition coefficient (Wildman–Crippen LogP) is 4.23. The van der Waals surface area contributed by atoms with Crippen LogP contribution in [-0.4, -0.2) is 13.2 Å². The number of hydrogen-bond donors (Lipinski definition) is 1. The molecule has 2 aromatic rings. The Labute approximate surface area is 127 Å². The zero-order chi connectivity index (χ0) is 14.8. The highest BCUT2D eigenvalue weighted by Gasteiger charge is 2.20. The third-order valence-electron chi connectivity index (χ3n) is 4.13. The summed E-state index contributed by atoms with van der Waals surface area (Å²) in [5.41, 5.74) is 6.45. The second kappa shape index (κ2) is 5.90. The molecule has 1 aliphatic rings. The zero-order valence-corrected chi connectivity index (χ0v) is 13.1. The van der Waals surface area contributed by atoms with E-state index in [0.717, 1.165) is 18.3 Å². The Bertz CT molecular complexity index is 644. The summed E-state index contributed by atoms with van der Waals surface area (Å²) >= 11 is 0. The van der Waals surface area contributed by atoms with Crippen LogP contribution < -0.4 is 10.1 Å². The van der Waals surface area contributed by atoms with Crippen molar-refractivity contribution in [2.75, 3.05) is 7.11 Å². The van der Waals surface area contributed by atoms with Crippen molar-refractivity contribution >= 4 is 0 Å². The van der Waals surface area contributed by atoms with Gasteiger partial charge in [-0.25, -0.2) is 0 Å². The van der Waals surface area contributed by atoms with Gasteiger partial charge in [0.05, 0.1) is 7.11 Å². The van der Waals surface area contributed by atoms with Gasteiger partial charge in [-0.3, -0.25) is 0 Å². The van der Waals surface area contributed by atoms with Gasteiger partial charge in [-0.05, 0) is 61.1 Å². The first-order valence-electron chi connectivity index (χ1n) is 7.65. The molecule has 0 unspecified atom stereocenters. The lowest BCUT2D eigenvalue weighted by Crippen LogP contribution is -2.15. The highest BCUT2D eigenvalue weighted by molar-refractivity contribution is 5.70. The van der Waals surface area contributed by atoms with E-state index in [2.05, 4.69) is 55.6 Å². The Hall–Kier alpha value is -1.80. The normalized spacial score (nSPS) is 14.2. The van der Waals surface area contributed by atoms with E-state index in [1.165, 1.54) is 40.7 Å². The Morgan fingerprint density at radius 1 is 1.10 bits per heavy atom. The average molecular weight is 281 g/mol. The van der Waals surface area contributed by atoms with Crippen LogP contribution in [0.25, 0.3) is 11.1 Å². The molecular formula is C19H23NO. The Morgan fingerprint density at radius 2 is 1.90 bits per heavy atom. The van der Waals surface area contributed by atoms with Gasteiger partial charge in [-0.1, -0.05) is 29.8 Å². The maximum Gasteiger partial charge on any atom is 0.121 e. The van der Waals surface area contributed by atoms with Crippen LogP contribution in [0.1, 0.15) is 29.5 Å². The molecule has 1 aliphatic carbocycles. The fraction of sp³-hybridized carbons (Fsp3) is 0.368. The van der Waals surface area contributed by atoms with E-state index in [4.69, 9.17) is 4.74 Å². The molecule has 1 N–H and O–H groups in total. The number of hydrogen-bond acceptors (Lipinski definition) is 2. The van der Waals surface area contributed by atoms with Gasteiger partial charge in [0, 0.05) is 12.6 Å². The van der Waals surface area contributed by atoms with Crippen molar-refractivity contribution in [1.82, 2.24) is 5.32 Å². The summed E-state index contributed by atoms with van der Waals surface area (Å²) in [6, 6.07) is 13.9. The smallest absolute Gasteiger partial charge is 0.121 e. The molecule has 2 nitrogen and oxygen atoms in total. The largest absolute Gasteiger partial charge is 0.496 e. The lowest BCUT2D eigenvalue weighted by Gasteiger charge is -2.13. The molecule has 2 heteroatoms. The quantitative estimate of drug-likeness (QED) is 0.885. The number of methoxy groups -OCH3 is 1. The molecule has 1 saturated carbocycles. The fourth-order valence-electron chi connectivity index (χ4n) is 2.70. The number of rotatable bonds is 5. The van der Waals surface area contributed by atoms with E-state index in [1.54, 1.807) is 7.11 Å². The van der Waals surface area contributed by atoms with Crippen LogP contribution in [0.2, 0.25) is 0 Å². The van der Waals surface area contributed by atoms with Crippen LogP contribution in [0.4, 0.5) is 0 Å². The molecular weight excluding hydrogens is 258 g/mol. The predicted molar refractivity (Wildman–Crippen MR) is 87.8 cm³/mol. The summed E-state index contributed by atoms with van der Waals surface area (Å²) < 4.78 is 5.36. The summed E-state index contributed by atoms with van der Waals surface area (Å²) in [5, 5.41) is 3.61. The standard InChI is InChI=1S/C19H23NO/c1-13-4-5-16(12-20-17-7-8-17)18(10-13)15-6-9-19(21-3)14(2)11-15/h4-6,9-11,17,20H,7-8,12H2,1-3H3. The third kappa shape index (κ3) is 3.27. The highest BCUT2D eigenvalue weighted by Crippen LogP contribution is 2.30. The average Bonchev–Trinajstić information content (AvgIpc) is 3.30. The third-order valence-corrected chi connectivity index (χ3v) is 4.13. The van der Waals surface area contributed by atoms with Gasteiger partial charge in [-0.2, -0.15) is 0 Å². The van der Waals surface area contributed by atoms with Gasteiger partial charge in [0.25, 0.3) is 0 Å². The van der Waals surface area contributed by atoms with E-state index in [0.29, 0.717) is 0 Å². The van der Waals surface area contributed by atoms with Gasteiger partial charge < -0.3 is 10.1 Å². The maximum atomic E-state index is 5.36. The Morgan fingerprint density at radius 3 is 2.57 bits per heavy atom. The number of benzene rings is 2. The van der Waals surface area contributed by atoms with Crippen LogP contribution in [0.5, 0.6) is 5.75 Å². The number of aryl methyl sites for hydroxylation is 2. The van der Waals surface area contributed by atoms with Crippen LogP contribution in [0.15, 0.2) is 36.4 Å². The second-order valence-corrected chi connectivity index (χ2v) is 6.00. The van der Waals surface area contributed by atoms with Crippen LogP contribution >= 0.6 is 0 Å². The van der Waals surface area contributed by atoms with E-state index >= 15 is 0 Å². The van der Waals surface area contributed by atoms with Gasteiger partial charge in [0.15, 0.2) is 0 Å². The molecule has 0 radical (unpaired) electrons. The molecule has 3 rings (SSSR count). The summed E-state index contributed by atoms with van der Waals surface area (Å²) in [6.45, 7) is 5.20. The molecule has 0 bridgehead atoms. The first-order chi connectivity index (χ1) is 10.2. The van der Waals surface area contributed by atoms with Crippen molar-refractivity contribution in [3.63, 3.8) is 0 Å². The first kappa shape index (κ1) is 14.2. The molecule has 21 heavy (non-hydrogen) atoms. The molecule has 110 valence electrons. The van der Waals surface area contributed by atoms with E-state index in [-0.39, 0.29) is 0 Å². The number of ether oxygens (including phenoxy) is 1. The summed E-state index contributed by atoms with van der Waals surface area (Å²) in [7, 11) is 1.72. The molecule has 0 amide bonds. The van der Waals surface area contributed by atoms with Crippen molar-refractivity contribution in [1.29, 1.82) is 0 Å².